The second-order valence-corrected chi connectivity index (χ2v) is 6.65. The molecule has 0 nitrogen and oxygen atoms in total. The van der Waals surface area contributed by atoms with Crippen LogP contribution in [0.25, 0.3) is 0 Å². The topological polar surface area (TPSA) is 0 Å². The van der Waals surface area contributed by atoms with E-state index >= 15 is 0 Å². The van der Waals surface area contributed by atoms with E-state index in [4.69, 9.17) is 0 Å². The summed E-state index contributed by atoms with van der Waals surface area (Å²) in [7, 11) is 0. The zero-order chi connectivity index (χ0) is 14.8. The molecule has 112 valence electrons. The van der Waals surface area contributed by atoms with E-state index in [1.807, 2.05) is 0 Å². The van der Waals surface area contributed by atoms with Crippen LogP contribution in [0.5, 0.6) is 0 Å². The molecule has 0 aliphatic heterocycles. The molecule has 0 aromatic heterocycles. The van der Waals surface area contributed by atoms with Crippen LogP contribution in [0, 0.1) is 17.7 Å². The van der Waals surface area contributed by atoms with Crippen molar-refractivity contribution in [3.63, 3.8) is 0 Å². The van der Waals surface area contributed by atoms with Crippen LogP contribution in [0.2, 0.25) is 0 Å². The molecule has 1 aromatic carbocycles. The summed E-state index contributed by atoms with van der Waals surface area (Å²) in [6.45, 7) is 0. The quantitative estimate of drug-likeness (QED) is 0.497. The van der Waals surface area contributed by atoms with Crippen LogP contribution in [0.1, 0.15) is 31.2 Å². The molecular formula is C15H17BrF4. The van der Waals surface area contributed by atoms with Gasteiger partial charge in [0.05, 0.1) is 5.92 Å². The minimum Gasteiger partial charge on any atom is -0.207 e. The number of halogens is 5. The smallest absolute Gasteiger partial charge is 0.207 e. The van der Waals surface area contributed by atoms with Gasteiger partial charge >= 0.3 is 6.18 Å². The molecule has 1 aliphatic carbocycles. The van der Waals surface area contributed by atoms with E-state index in [9.17, 15) is 17.6 Å². The first-order valence-electron chi connectivity index (χ1n) is 6.82. The highest BCUT2D eigenvalue weighted by Crippen LogP contribution is 2.42. The number of benzene rings is 1. The van der Waals surface area contributed by atoms with Crippen LogP contribution in [-0.2, 0) is 6.42 Å². The van der Waals surface area contributed by atoms with Crippen molar-refractivity contribution in [3.8, 4) is 0 Å². The molecule has 0 bridgehead atoms. The lowest BCUT2D eigenvalue weighted by atomic mass is 9.78. The first kappa shape index (κ1) is 15.8. The van der Waals surface area contributed by atoms with Crippen molar-refractivity contribution in [2.45, 2.75) is 43.1 Å². The molecule has 1 aromatic rings. The molecule has 3 atom stereocenters. The Morgan fingerprint density at radius 1 is 1.20 bits per heavy atom. The fourth-order valence-corrected chi connectivity index (χ4v) is 3.72. The Morgan fingerprint density at radius 3 is 2.55 bits per heavy atom. The van der Waals surface area contributed by atoms with Gasteiger partial charge in [0.1, 0.15) is 5.82 Å². The lowest BCUT2D eigenvalue weighted by molar-refractivity contribution is -0.185. The molecule has 3 unspecified atom stereocenters. The number of hydrogen-bond acceptors (Lipinski definition) is 0. The van der Waals surface area contributed by atoms with Gasteiger partial charge in [-0.1, -0.05) is 40.5 Å². The molecule has 1 aliphatic rings. The van der Waals surface area contributed by atoms with Crippen molar-refractivity contribution in [1.29, 1.82) is 0 Å². The predicted octanol–water partition coefficient (Wildman–Crippen LogP) is 5.50. The maximum Gasteiger partial charge on any atom is 0.391 e. The number of alkyl halides is 4. The van der Waals surface area contributed by atoms with E-state index in [1.54, 1.807) is 18.2 Å². The minimum absolute atomic E-state index is 0.0463. The highest BCUT2D eigenvalue weighted by atomic mass is 79.9. The summed E-state index contributed by atoms with van der Waals surface area (Å²) in [4.78, 5) is -0.107. The van der Waals surface area contributed by atoms with Gasteiger partial charge in [-0.05, 0) is 43.2 Å². The first-order valence-corrected chi connectivity index (χ1v) is 7.73. The van der Waals surface area contributed by atoms with E-state index in [1.165, 1.54) is 6.07 Å². The van der Waals surface area contributed by atoms with E-state index < -0.39 is 12.1 Å². The summed E-state index contributed by atoms with van der Waals surface area (Å²) in [5.41, 5.74) is 0.559. The van der Waals surface area contributed by atoms with E-state index in [-0.39, 0.29) is 29.4 Å². The standard InChI is InChI=1S/C15H17BrF4/c16-13(9-11-4-1-2-7-14(11)17)10-5-3-6-12(8-10)15(18,19)20/h1-2,4,7,10,12-13H,3,5-6,8-9H2. The third-order valence-corrected chi connectivity index (χ3v) is 5.13. The van der Waals surface area contributed by atoms with Crippen molar-refractivity contribution in [2.75, 3.05) is 0 Å². The molecule has 0 N–H and O–H groups in total. The van der Waals surface area contributed by atoms with Gasteiger partial charge in [-0.15, -0.1) is 0 Å². The monoisotopic (exact) mass is 352 g/mol. The van der Waals surface area contributed by atoms with Crippen LogP contribution in [-0.4, -0.2) is 11.0 Å². The summed E-state index contributed by atoms with van der Waals surface area (Å²) >= 11 is 3.47. The Hall–Kier alpha value is -0.580. The first-order chi connectivity index (χ1) is 9.38. The summed E-state index contributed by atoms with van der Waals surface area (Å²) < 4.78 is 52.0. The highest BCUT2D eigenvalue weighted by molar-refractivity contribution is 9.09. The summed E-state index contributed by atoms with van der Waals surface area (Å²) in [5, 5.41) is 0. The van der Waals surface area contributed by atoms with Gasteiger partial charge in [-0.2, -0.15) is 13.2 Å². The molecule has 20 heavy (non-hydrogen) atoms. The van der Waals surface area contributed by atoms with Gasteiger partial charge in [0.2, 0.25) is 0 Å². The summed E-state index contributed by atoms with van der Waals surface area (Å²) in [5.74, 6) is -1.54. The molecule has 0 amide bonds. The Bertz CT molecular complexity index is 444. The van der Waals surface area contributed by atoms with Gasteiger partial charge in [-0.25, -0.2) is 4.39 Å². The van der Waals surface area contributed by atoms with Crippen molar-refractivity contribution in [1.82, 2.24) is 0 Å². The molecule has 2 rings (SSSR count). The molecule has 0 spiro atoms. The predicted molar refractivity (Wildman–Crippen MR) is 74.3 cm³/mol. The maximum atomic E-state index is 13.6. The van der Waals surface area contributed by atoms with Gasteiger partial charge in [0.15, 0.2) is 0 Å². The Kier molecular flexibility index (Phi) is 5.10. The van der Waals surface area contributed by atoms with Crippen molar-refractivity contribution in [3.05, 3.63) is 35.6 Å². The van der Waals surface area contributed by atoms with Crippen molar-refractivity contribution < 1.29 is 17.6 Å². The molecular weight excluding hydrogens is 336 g/mol. The van der Waals surface area contributed by atoms with Crippen LogP contribution >= 0.6 is 15.9 Å². The fraction of sp³-hybridized carbons (Fsp3) is 0.600. The summed E-state index contributed by atoms with van der Waals surface area (Å²) in [6, 6.07) is 6.43. The van der Waals surface area contributed by atoms with E-state index in [0.717, 1.165) is 6.42 Å². The molecule has 1 saturated carbocycles. The average Bonchev–Trinajstić information content (AvgIpc) is 2.40. The van der Waals surface area contributed by atoms with Crippen LogP contribution < -0.4 is 0 Å². The molecule has 1 fully saturated rings. The highest BCUT2D eigenvalue weighted by Gasteiger charge is 2.43. The molecule has 0 radical (unpaired) electrons. The van der Waals surface area contributed by atoms with Gasteiger partial charge in [-0.3, -0.25) is 0 Å². The zero-order valence-corrected chi connectivity index (χ0v) is 12.6. The van der Waals surface area contributed by atoms with E-state index in [0.29, 0.717) is 18.4 Å². The number of rotatable bonds is 3. The third-order valence-electron chi connectivity index (χ3n) is 4.06. The van der Waals surface area contributed by atoms with Gasteiger partial charge in [0.25, 0.3) is 0 Å². The zero-order valence-electron chi connectivity index (χ0n) is 11.0. The van der Waals surface area contributed by atoms with Crippen molar-refractivity contribution in [2.24, 2.45) is 11.8 Å². The summed E-state index contributed by atoms with van der Waals surface area (Å²) in [6.07, 6.45) is -1.94. The normalized spacial score (nSPS) is 25.4. The lowest BCUT2D eigenvalue weighted by Gasteiger charge is -2.33. The Balaban J connectivity index is 1.99. The lowest BCUT2D eigenvalue weighted by Crippen LogP contribution is -2.32. The number of hydrogen-bond donors (Lipinski definition) is 0. The fourth-order valence-electron chi connectivity index (χ4n) is 2.89. The largest absolute Gasteiger partial charge is 0.391 e. The molecule has 0 heterocycles. The maximum absolute atomic E-state index is 13.6. The SMILES string of the molecule is Fc1ccccc1CC(Br)C1CCCC(C(F)(F)F)C1. The average molecular weight is 353 g/mol. The molecule has 0 saturated heterocycles. The van der Waals surface area contributed by atoms with Crippen LogP contribution in [0.3, 0.4) is 0 Å². The van der Waals surface area contributed by atoms with Crippen LogP contribution in [0.4, 0.5) is 17.6 Å². The van der Waals surface area contributed by atoms with Crippen molar-refractivity contribution >= 4 is 15.9 Å². The second-order valence-electron chi connectivity index (χ2n) is 5.48. The van der Waals surface area contributed by atoms with Gasteiger partial charge < -0.3 is 0 Å². The van der Waals surface area contributed by atoms with Gasteiger partial charge in [0, 0.05) is 4.83 Å². The third kappa shape index (κ3) is 3.96. The van der Waals surface area contributed by atoms with Crippen LogP contribution in [0.15, 0.2) is 24.3 Å². The molecule has 5 heteroatoms. The Labute approximate surface area is 124 Å². The Morgan fingerprint density at radius 2 is 1.90 bits per heavy atom. The minimum atomic E-state index is -4.11. The van der Waals surface area contributed by atoms with E-state index in [2.05, 4.69) is 15.9 Å². The second kappa shape index (κ2) is 6.46.